The third-order valence-corrected chi connectivity index (χ3v) is 2.73. The molecule has 96 valence electrons. The molecule has 0 saturated carbocycles. The van der Waals surface area contributed by atoms with Crippen molar-refractivity contribution < 1.29 is 15.2 Å². The van der Waals surface area contributed by atoms with Crippen LogP contribution in [0.3, 0.4) is 0 Å². The molecule has 18 heavy (non-hydrogen) atoms. The van der Waals surface area contributed by atoms with Gasteiger partial charge in [0.15, 0.2) is 5.71 Å². The molecule has 0 saturated heterocycles. The van der Waals surface area contributed by atoms with E-state index in [1.165, 1.54) is 6.92 Å². The van der Waals surface area contributed by atoms with E-state index in [-0.39, 0.29) is 11.4 Å². The molecule has 0 aliphatic rings. The summed E-state index contributed by atoms with van der Waals surface area (Å²) < 4.78 is 0. The lowest BCUT2D eigenvalue weighted by atomic mass is 10.2. The lowest BCUT2D eigenvalue weighted by molar-refractivity contribution is -0.110. The number of oxime groups is 2. The second-order valence-corrected chi connectivity index (χ2v) is 3.91. The van der Waals surface area contributed by atoms with Crippen molar-refractivity contribution >= 4 is 34.6 Å². The van der Waals surface area contributed by atoms with Gasteiger partial charge in [-0.3, -0.25) is 4.79 Å². The molecule has 0 spiro atoms. The summed E-state index contributed by atoms with van der Waals surface area (Å²) in [5.74, 6) is -0.696. The Morgan fingerprint density at radius 3 is 2.56 bits per heavy atom. The largest absolute Gasteiger partial charge is 0.411 e. The topological polar surface area (TPSA) is 94.3 Å². The molecule has 0 atom stereocenters. The van der Waals surface area contributed by atoms with Gasteiger partial charge in [-0.15, -0.1) is 0 Å². The number of rotatable bonds is 3. The molecule has 1 rings (SSSR count). The first kappa shape index (κ1) is 14.0. The molecular weight excluding hydrogens is 258 g/mol. The average Bonchev–Trinajstić information content (AvgIpc) is 2.35. The maximum Gasteiger partial charge on any atom is 0.279 e. The van der Waals surface area contributed by atoms with Crippen LogP contribution in [0.15, 0.2) is 28.5 Å². The van der Waals surface area contributed by atoms with Crippen LogP contribution >= 0.6 is 11.6 Å². The number of hydrogen-bond acceptors (Lipinski definition) is 5. The van der Waals surface area contributed by atoms with Gasteiger partial charge < -0.3 is 15.7 Å². The molecule has 0 aliphatic carbocycles. The zero-order chi connectivity index (χ0) is 13.7. The maximum absolute atomic E-state index is 11.8. The Morgan fingerprint density at radius 2 is 2.00 bits per heavy atom. The van der Waals surface area contributed by atoms with Gasteiger partial charge in [0.1, 0.15) is 5.71 Å². The summed E-state index contributed by atoms with van der Waals surface area (Å²) in [5, 5.41) is 25.9. The van der Waals surface area contributed by atoms with Crippen LogP contribution in [-0.2, 0) is 4.79 Å². The highest BCUT2D eigenvalue weighted by atomic mass is 35.5. The third-order valence-electron chi connectivity index (χ3n) is 2.32. The van der Waals surface area contributed by atoms with Crippen LogP contribution in [0.25, 0.3) is 0 Å². The summed E-state index contributed by atoms with van der Waals surface area (Å²) in [7, 11) is 0. The molecule has 0 fully saturated rings. The minimum absolute atomic E-state index is 0.102. The van der Waals surface area contributed by atoms with Crippen molar-refractivity contribution in [2.75, 3.05) is 5.32 Å². The van der Waals surface area contributed by atoms with Crippen molar-refractivity contribution in [2.24, 2.45) is 10.3 Å². The maximum atomic E-state index is 11.8. The third kappa shape index (κ3) is 2.98. The number of nitrogens with one attached hydrogen (secondary N) is 1. The van der Waals surface area contributed by atoms with Crippen molar-refractivity contribution in [3.63, 3.8) is 0 Å². The monoisotopic (exact) mass is 269 g/mol. The SMILES string of the molecule is CC(=N\O)/C(=N\O)C(=O)Nc1cccc(Cl)c1C. The van der Waals surface area contributed by atoms with Crippen LogP contribution < -0.4 is 5.32 Å². The first-order valence-electron chi connectivity index (χ1n) is 4.98. The van der Waals surface area contributed by atoms with E-state index < -0.39 is 5.91 Å². The Bertz CT molecular complexity index is 526. The molecule has 7 heteroatoms. The van der Waals surface area contributed by atoms with E-state index in [4.69, 9.17) is 22.0 Å². The summed E-state index contributed by atoms with van der Waals surface area (Å²) in [4.78, 5) is 11.8. The lowest BCUT2D eigenvalue weighted by Gasteiger charge is -2.09. The fraction of sp³-hybridized carbons (Fsp3) is 0.182. The van der Waals surface area contributed by atoms with Crippen LogP contribution in [0.2, 0.25) is 5.02 Å². The summed E-state index contributed by atoms with van der Waals surface area (Å²) in [6.07, 6.45) is 0. The van der Waals surface area contributed by atoms with E-state index in [0.29, 0.717) is 16.3 Å². The number of nitrogens with zero attached hydrogens (tertiary/aromatic N) is 2. The van der Waals surface area contributed by atoms with Crippen LogP contribution in [0.5, 0.6) is 0 Å². The Morgan fingerprint density at radius 1 is 1.33 bits per heavy atom. The zero-order valence-corrected chi connectivity index (χ0v) is 10.6. The second kappa shape index (κ2) is 6.02. The summed E-state index contributed by atoms with van der Waals surface area (Å²) in [6.45, 7) is 3.07. The number of anilines is 1. The molecule has 0 unspecified atom stereocenters. The first-order chi connectivity index (χ1) is 8.51. The Balaban J connectivity index is 2.98. The van der Waals surface area contributed by atoms with Gasteiger partial charge in [0.05, 0.1) is 0 Å². The normalized spacial score (nSPS) is 12.4. The quantitative estimate of drug-likeness (QED) is 0.446. The number of amides is 1. The van der Waals surface area contributed by atoms with E-state index in [9.17, 15) is 4.79 Å². The van der Waals surface area contributed by atoms with Gasteiger partial charge in [-0.1, -0.05) is 28.0 Å². The van der Waals surface area contributed by atoms with Gasteiger partial charge in [-0.05, 0) is 31.5 Å². The second-order valence-electron chi connectivity index (χ2n) is 3.50. The molecule has 0 aliphatic heterocycles. The molecule has 0 radical (unpaired) electrons. The summed E-state index contributed by atoms with van der Waals surface area (Å²) >= 11 is 5.91. The number of carbonyl (C=O) groups is 1. The summed E-state index contributed by atoms with van der Waals surface area (Å²) in [6, 6.07) is 5.02. The first-order valence-corrected chi connectivity index (χ1v) is 5.36. The minimum atomic E-state index is -0.696. The van der Waals surface area contributed by atoms with Crippen LogP contribution in [0.1, 0.15) is 12.5 Å². The smallest absolute Gasteiger partial charge is 0.279 e. The standard InChI is InChI=1S/C11H12ClN3O3/c1-6-8(12)4-3-5-9(6)13-11(16)10(15-18)7(2)14-17/h3-5,17-18H,1-2H3,(H,13,16)/b14-7+,15-10+. The molecule has 1 aromatic carbocycles. The van der Waals surface area contributed by atoms with Crippen molar-refractivity contribution in [2.45, 2.75) is 13.8 Å². The molecule has 1 aromatic rings. The van der Waals surface area contributed by atoms with Crippen LogP contribution in [-0.4, -0.2) is 27.7 Å². The highest BCUT2D eigenvalue weighted by Crippen LogP contribution is 2.22. The van der Waals surface area contributed by atoms with Crippen LogP contribution in [0.4, 0.5) is 5.69 Å². The number of benzene rings is 1. The minimum Gasteiger partial charge on any atom is -0.411 e. The van der Waals surface area contributed by atoms with Gasteiger partial charge in [-0.25, -0.2) is 0 Å². The van der Waals surface area contributed by atoms with Crippen molar-refractivity contribution in [3.8, 4) is 0 Å². The average molecular weight is 270 g/mol. The molecule has 6 nitrogen and oxygen atoms in total. The fourth-order valence-electron chi connectivity index (χ4n) is 1.25. The molecular formula is C11H12ClN3O3. The van der Waals surface area contributed by atoms with E-state index in [0.717, 1.165) is 0 Å². The fourth-order valence-corrected chi connectivity index (χ4v) is 1.43. The molecule has 0 heterocycles. The van der Waals surface area contributed by atoms with Gasteiger partial charge >= 0.3 is 0 Å². The zero-order valence-electron chi connectivity index (χ0n) is 9.81. The van der Waals surface area contributed by atoms with Gasteiger partial charge in [-0.2, -0.15) is 0 Å². The van der Waals surface area contributed by atoms with E-state index >= 15 is 0 Å². The van der Waals surface area contributed by atoms with Crippen molar-refractivity contribution in [1.82, 2.24) is 0 Å². The van der Waals surface area contributed by atoms with Gasteiger partial charge in [0.25, 0.3) is 5.91 Å². The van der Waals surface area contributed by atoms with Crippen LogP contribution in [0, 0.1) is 6.92 Å². The Labute approximate surface area is 109 Å². The van der Waals surface area contributed by atoms with Crippen molar-refractivity contribution in [1.29, 1.82) is 0 Å². The predicted molar refractivity (Wildman–Crippen MR) is 68.9 cm³/mol. The highest BCUT2D eigenvalue weighted by molar-refractivity contribution is 6.68. The molecule has 3 N–H and O–H groups in total. The number of carbonyl (C=O) groups excluding carboxylic acids is 1. The van der Waals surface area contributed by atoms with Crippen molar-refractivity contribution in [3.05, 3.63) is 28.8 Å². The highest BCUT2D eigenvalue weighted by Gasteiger charge is 2.17. The van der Waals surface area contributed by atoms with E-state index in [1.807, 2.05) is 0 Å². The molecule has 0 aromatic heterocycles. The van der Waals surface area contributed by atoms with Gasteiger partial charge in [0.2, 0.25) is 0 Å². The van der Waals surface area contributed by atoms with E-state index in [2.05, 4.69) is 15.6 Å². The lowest BCUT2D eigenvalue weighted by Crippen LogP contribution is -2.29. The van der Waals surface area contributed by atoms with E-state index in [1.54, 1.807) is 25.1 Å². The Hall–Kier alpha value is -2.08. The van der Waals surface area contributed by atoms with Gasteiger partial charge in [0, 0.05) is 10.7 Å². The molecule has 1 amide bonds. The molecule has 0 bridgehead atoms. The number of halogens is 1. The summed E-state index contributed by atoms with van der Waals surface area (Å²) in [5.41, 5.74) is 0.689. The Kier molecular flexibility index (Phi) is 4.67. The predicted octanol–water partition coefficient (Wildman–Crippen LogP) is 2.27. The number of hydrogen-bond donors (Lipinski definition) is 3.